The number of carbonyl (C=O) groups excluding carboxylic acids is 2. The summed E-state index contributed by atoms with van der Waals surface area (Å²) < 4.78 is 0. The van der Waals surface area contributed by atoms with Gasteiger partial charge in [-0.1, -0.05) is 31.2 Å². The summed E-state index contributed by atoms with van der Waals surface area (Å²) in [6, 6.07) is 9.62. The van der Waals surface area contributed by atoms with E-state index in [-0.39, 0.29) is 24.3 Å². The predicted octanol–water partition coefficient (Wildman–Crippen LogP) is 2.27. The van der Waals surface area contributed by atoms with E-state index < -0.39 is 0 Å². The summed E-state index contributed by atoms with van der Waals surface area (Å²) in [6.45, 7) is 4.27. The molecule has 0 aliphatic heterocycles. The minimum Gasteiger partial charge on any atom is -0.354 e. The Morgan fingerprint density at radius 3 is 2.77 bits per heavy atom. The molecule has 5 heteroatoms. The lowest BCUT2D eigenvalue weighted by Gasteiger charge is -2.11. The number of nitrogens with zero attached hydrogens (tertiary/aromatic N) is 1. The molecular weight excluding hydrogens is 278 g/mol. The lowest BCUT2D eigenvalue weighted by Crippen LogP contribution is -2.35. The minimum absolute atomic E-state index is 0.0551. The maximum absolute atomic E-state index is 12.2. The molecule has 2 aromatic rings. The molecule has 22 heavy (non-hydrogen) atoms. The summed E-state index contributed by atoms with van der Waals surface area (Å²) in [6.07, 6.45) is 2.77. The third kappa shape index (κ3) is 4.04. The number of amides is 2. The highest BCUT2D eigenvalue weighted by Gasteiger charge is 2.12. The highest BCUT2D eigenvalue weighted by Crippen LogP contribution is 2.15. The monoisotopic (exact) mass is 299 g/mol. The van der Waals surface area contributed by atoms with Crippen LogP contribution < -0.4 is 10.6 Å². The molecular formula is C17H21N3O2. The zero-order chi connectivity index (χ0) is 15.9. The summed E-state index contributed by atoms with van der Waals surface area (Å²) in [7, 11) is 0. The van der Waals surface area contributed by atoms with Gasteiger partial charge in [0.25, 0.3) is 5.91 Å². The SMILES string of the molecule is CC[C@@H](C)NC(=O)CCNC(=O)c1nccc2ccccc12. The summed E-state index contributed by atoms with van der Waals surface area (Å²) >= 11 is 0. The minimum atomic E-state index is -0.256. The zero-order valence-corrected chi connectivity index (χ0v) is 12.9. The first-order chi connectivity index (χ1) is 10.6. The van der Waals surface area contributed by atoms with Crippen LogP contribution in [0.15, 0.2) is 36.5 Å². The van der Waals surface area contributed by atoms with E-state index in [1.807, 2.05) is 44.2 Å². The molecule has 5 nitrogen and oxygen atoms in total. The van der Waals surface area contributed by atoms with Gasteiger partial charge >= 0.3 is 0 Å². The topological polar surface area (TPSA) is 71.1 Å². The van der Waals surface area contributed by atoms with Gasteiger partial charge in [0, 0.05) is 30.6 Å². The lowest BCUT2D eigenvalue weighted by molar-refractivity contribution is -0.121. The Kier molecular flexibility index (Phi) is 5.47. The number of hydrogen-bond donors (Lipinski definition) is 2. The second-order valence-corrected chi connectivity index (χ2v) is 5.26. The smallest absolute Gasteiger partial charge is 0.270 e. The zero-order valence-electron chi connectivity index (χ0n) is 12.9. The number of rotatable bonds is 6. The number of benzene rings is 1. The second-order valence-electron chi connectivity index (χ2n) is 5.26. The first-order valence-corrected chi connectivity index (χ1v) is 7.53. The standard InChI is InChI=1S/C17H21N3O2/c1-3-12(2)20-15(21)9-11-19-17(22)16-14-7-5-4-6-13(14)8-10-18-16/h4-8,10,12H,3,9,11H2,1-2H3,(H,19,22)(H,20,21)/t12-/m1/s1. The third-order valence-corrected chi connectivity index (χ3v) is 3.55. The molecule has 0 aliphatic rings. The van der Waals surface area contributed by atoms with Crippen LogP contribution in [0.4, 0.5) is 0 Å². The van der Waals surface area contributed by atoms with Crippen LogP contribution in [0.3, 0.4) is 0 Å². The molecule has 2 amide bonds. The van der Waals surface area contributed by atoms with Gasteiger partial charge in [-0.25, -0.2) is 0 Å². The van der Waals surface area contributed by atoms with E-state index in [2.05, 4.69) is 15.6 Å². The molecule has 2 rings (SSSR count). The Hall–Kier alpha value is -2.43. The van der Waals surface area contributed by atoms with E-state index >= 15 is 0 Å². The summed E-state index contributed by atoms with van der Waals surface area (Å²) in [4.78, 5) is 28.0. The largest absolute Gasteiger partial charge is 0.354 e. The number of aromatic nitrogens is 1. The number of nitrogens with one attached hydrogen (secondary N) is 2. The van der Waals surface area contributed by atoms with Crippen molar-refractivity contribution in [3.63, 3.8) is 0 Å². The molecule has 0 aliphatic carbocycles. The normalized spacial score (nSPS) is 11.9. The molecule has 0 saturated heterocycles. The van der Waals surface area contributed by atoms with Gasteiger partial charge in [-0.05, 0) is 24.8 Å². The van der Waals surface area contributed by atoms with Crippen molar-refractivity contribution in [2.24, 2.45) is 0 Å². The molecule has 0 bridgehead atoms. The molecule has 0 spiro atoms. The number of pyridine rings is 1. The summed E-state index contributed by atoms with van der Waals surface area (Å²) in [5.74, 6) is -0.311. The van der Waals surface area contributed by atoms with Gasteiger partial charge in [-0.15, -0.1) is 0 Å². The van der Waals surface area contributed by atoms with Crippen LogP contribution in [-0.2, 0) is 4.79 Å². The van der Waals surface area contributed by atoms with Gasteiger partial charge in [0.05, 0.1) is 0 Å². The van der Waals surface area contributed by atoms with Crippen LogP contribution in [-0.4, -0.2) is 29.4 Å². The molecule has 2 N–H and O–H groups in total. The van der Waals surface area contributed by atoms with E-state index in [4.69, 9.17) is 0 Å². The van der Waals surface area contributed by atoms with Gasteiger partial charge < -0.3 is 10.6 Å². The highest BCUT2D eigenvalue weighted by atomic mass is 16.2. The van der Waals surface area contributed by atoms with E-state index in [1.54, 1.807) is 6.20 Å². The molecule has 0 fully saturated rings. The Labute approximate surface area is 130 Å². The first kappa shape index (κ1) is 15.9. The Bertz CT molecular complexity index is 665. The quantitative estimate of drug-likeness (QED) is 0.859. The van der Waals surface area contributed by atoms with Crippen molar-refractivity contribution in [3.8, 4) is 0 Å². The highest BCUT2D eigenvalue weighted by molar-refractivity contribution is 6.05. The molecule has 1 heterocycles. The number of fused-ring (bicyclic) bond motifs is 1. The molecule has 0 saturated carbocycles. The van der Waals surface area contributed by atoms with Crippen molar-refractivity contribution >= 4 is 22.6 Å². The van der Waals surface area contributed by atoms with Crippen molar-refractivity contribution < 1.29 is 9.59 Å². The van der Waals surface area contributed by atoms with Crippen LogP contribution >= 0.6 is 0 Å². The Morgan fingerprint density at radius 1 is 1.23 bits per heavy atom. The number of hydrogen-bond acceptors (Lipinski definition) is 3. The average molecular weight is 299 g/mol. The molecule has 0 unspecified atom stereocenters. The maximum atomic E-state index is 12.2. The van der Waals surface area contributed by atoms with Gasteiger partial charge in [-0.3, -0.25) is 14.6 Å². The fourth-order valence-corrected chi connectivity index (χ4v) is 2.12. The molecule has 1 aromatic heterocycles. The molecule has 116 valence electrons. The van der Waals surface area contributed by atoms with Gasteiger partial charge in [0.15, 0.2) is 0 Å². The predicted molar refractivity (Wildman–Crippen MR) is 86.6 cm³/mol. The van der Waals surface area contributed by atoms with Crippen molar-refractivity contribution in [1.82, 2.24) is 15.6 Å². The van der Waals surface area contributed by atoms with Gasteiger partial charge in [-0.2, -0.15) is 0 Å². The van der Waals surface area contributed by atoms with Crippen molar-refractivity contribution in [2.75, 3.05) is 6.54 Å². The number of carbonyl (C=O) groups is 2. The van der Waals surface area contributed by atoms with E-state index in [9.17, 15) is 9.59 Å². The van der Waals surface area contributed by atoms with E-state index in [0.717, 1.165) is 17.2 Å². The summed E-state index contributed by atoms with van der Waals surface area (Å²) in [5, 5.41) is 7.40. The van der Waals surface area contributed by atoms with Crippen LogP contribution in [0.25, 0.3) is 10.8 Å². The van der Waals surface area contributed by atoms with Crippen LogP contribution in [0.5, 0.6) is 0 Å². The van der Waals surface area contributed by atoms with Gasteiger partial charge in [0.1, 0.15) is 5.69 Å². The second kappa shape index (κ2) is 7.54. The molecule has 1 aromatic carbocycles. The fourth-order valence-electron chi connectivity index (χ4n) is 2.12. The summed E-state index contributed by atoms with van der Waals surface area (Å²) in [5.41, 5.74) is 0.389. The maximum Gasteiger partial charge on any atom is 0.270 e. The Morgan fingerprint density at radius 2 is 2.00 bits per heavy atom. The van der Waals surface area contributed by atoms with Crippen molar-refractivity contribution in [1.29, 1.82) is 0 Å². The fraction of sp³-hybridized carbons (Fsp3) is 0.353. The third-order valence-electron chi connectivity index (χ3n) is 3.55. The lowest BCUT2D eigenvalue weighted by atomic mass is 10.1. The molecule has 1 atom stereocenters. The van der Waals surface area contributed by atoms with E-state index in [1.165, 1.54) is 0 Å². The van der Waals surface area contributed by atoms with Crippen LogP contribution in [0.1, 0.15) is 37.2 Å². The van der Waals surface area contributed by atoms with Crippen molar-refractivity contribution in [3.05, 3.63) is 42.2 Å². The average Bonchev–Trinajstić information content (AvgIpc) is 2.54. The van der Waals surface area contributed by atoms with Crippen LogP contribution in [0.2, 0.25) is 0 Å². The van der Waals surface area contributed by atoms with E-state index in [0.29, 0.717) is 12.2 Å². The van der Waals surface area contributed by atoms with Gasteiger partial charge in [0.2, 0.25) is 5.91 Å². The molecule has 0 radical (unpaired) electrons. The first-order valence-electron chi connectivity index (χ1n) is 7.53. The Balaban J connectivity index is 1.93. The van der Waals surface area contributed by atoms with Crippen molar-refractivity contribution in [2.45, 2.75) is 32.7 Å². The van der Waals surface area contributed by atoms with Crippen LogP contribution in [0, 0.1) is 0 Å².